The molecule has 0 N–H and O–H groups in total. The van der Waals surface area contributed by atoms with Gasteiger partial charge in [0.05, 0.1) is 11.9 Å². The normalized spacial score (nSPS) is 12.1. The highest BCUT2D eigenvalue weighted by Gasteiger charge is 2.06. The summed E-state index contributed by atoms with van der Waals surface area (Å²) in [5.74, 6) is 0. The van der Waals surface area contributed by atoms with E-state index in [9.17, 15) is 0 Å². The molecule has 0 atom stereocenters. The second-order valence-corrected chi connectivity index (χ2v) is 5.17. The molecule has 0 bridgehead atoms. The summed E-state index contributed by atoms with van der Waals surface area (Å²) in [4.78, 5) is 9.22. The van der Waals surface area contributed by atoms with Crippen LogP contribution >= 0.6 is 11.3 Å². The Balaban J connectivity index is 2.06. The lowest BCUT2D eigenvalue weighted by atomic mass is 10.2. The van der Waals surface area contributed by atoms with E-state index in [1.165, 1.54) is 0 Å². The molecule has 0 spiro atoms. The van der Waals surface area contributed by atoms with E-state index in [2.05, 4.69) is 32.6 Å². The third-order valence-corrected chi connectivity index (χ3v) is 3.86. The highest BCUT2D eigenvalue weighted by atomic mass is 32.1. The van der Waals surface area contributed by atoms with Crippen molar-refractivity contribution in [3.05, 3.63) is 70.6 Å². The number of hydrogen-bond acceptors (Lipinski definition) is 4. The van der Waals surface area contributed by atoms with Gasteiger partial charge in [-0.2, -0.15) is 5.10 Å². The van der Waals surface area contributed by atoms with Crippen molar-refractivity contribution < 1.29 is 0 Å². The summed E-state index contributed by atoms with van der Waals surface area (Å²) in [6.07, 6.45) is 5.32. The Bertz CT molecular complexity index is 801. The summed E-state index contributed by atoms with van der Waals surface area (Å²) in [5.41, 5.74) is 3.10. The third kappa shape index (κ3) is 2.98. The van der Waals surface area contributed by atoms with Gasteiger partial charge in [0.1, 0.15) is 0 Å². The standard InChI is InChI=1S/C16H14N4S/c1-17-16-20(19-11-13-6-5-9-18-10-13)15(12-21-16)14-7-3-2-4-8-14/h2-12H,1H3/b17-16?,19-11-. The number of benzene rings is 1. The molecule has 0 aliphatic heterocycles. The maximum atomic E-state index is 4.55. The van der Waals surface area contributed by atoms with Crippen LogP contribution in [0, 0.1) is 0 Å². The molecular weight excluding hydrogens is 280 g/mol. The molecular formula is C16H14N4S. The smallest absolute Gasteiger partial charge is 0.205 e. The number of aromatic nitrogens is 2. The molecule has 4 nitrogen and oxygen atoms in total. The van der Waals surface area contributed by atoms with Gasteiger partial charge in [0, 0.05) is 35.9 Å². The fourth-order valence-electron chi connectivity index (χ4n) is 1.95. The second kappa shape index (κ2) is 6.28. The highest BCUT2D eigenvalue weighted by molar-refractivity contribution is 7.07. The molecule has 0 saturated heterocycles. The van der Waals surface area contributed by atoms with E-state index in [1.54, 1.807) is 37.0 Å². The SMILES string of the molecule is CN=c1scc(-c2ccccc2)n1/N=C\c1cccnc1. The topological polar surface area (TPSA) is 42.5 Å². The average Bonchev–Trinajstić information content (AvgIpc) is 2.97. The van der Waals surface area contributed by atoms with E-state index in [0.717, 1.165) is 21.6 Å². The van der Waals surface area contributed by atoms with E-state index < -0.39 is 0 Å². The minimum absolute atomic E-state index is 0.856. The molecule has 0 aliphatic carbocycles. The van der Waals surface area contributed by atoms with Crippen LogP contribution in [0.3, 0.4) is 0 Å². The molecule has 0 amide bonds. The van der Waals surface area contributed by atoms with Gasteiger partial charge in [0.15, 0.2) is 0 Å². The maximum absolute atomic E-state index is 4.55. The maximum Gasteiger partial charge on any atom is 0.205 e. The van der Waals surface area contributed by atoms with Crippen LogP contribution in [0.25, 0.3) is 11.3 Å². The molecule has 2 heterocycles. The van der Waals surface area contributed by atoms with Gasteiger partial charge in [0.25, 0.3) is 0 Å². The van der Waals surface area contributed by atoms with E-state index in [0.29, 0.717) is 0 Å². The Labute approximate surface area is 126 Å². The molecule has 3 aromatic rings. The van der Waals surface area contributed by atoms with Crippen LogP contribution in [-0.4, -0.2) is 22.9 Å². The van der Waals surface area contributed by atoms with Crippen LogP contribution in [-0.2, 0) is 0 Å². The predicted molar refractivity (Wildman–Crippen MR) is 86.5 cm³/mol. The summed E-state index contributed by atoms with van der Waals surface area (Å²) in [7, 11) is 1.77. The molecule has 21 heavy (non-hydrogen) atoms. The van der Waals surface area contributed by atoms with E-state index in [4.69, 9.17) is 0 Å². The first-order valence-corrected chi connectivity index (χ1v) is 7.39. The van der Waals surface area contributed by atoms with Crippen molar-refractivity contribution >= 4 is 17.6 Å². The van der Waals surface area contributed by atoms with Crippen LogP contribution in [0.15, 0.2) is 70.3 Å². The van der Waals surface area contributed by atoms with Crippen molar-refractivity contribution in [3.63, 3.8) is 0 Å². The lowest BCUT2D eigenvalue weighted by molar-refractivity contribution is 0.848. The number of thiazole rings is 1. The van der Waals surface area contributed by atoms with E-state index in [1.807, 2.05) is 35.0 Å². The van der Waals surface area contributed by atoms with Crippen molar-refractivity contribution in [2.75, 3.05) is 7.05 Å². The third-order valence-electron chi connectivity index (χ3n) is 2.95. The first-order chi connectivity index (χ1) is 10.4. The van der Waals surface area contributed by atoms with Crippen molar-refractivity contribution in [2.45, 2.75) is 0 Å². The van der Waals surface area contributed by atoms with Crippen LogP contribution in [0.1, 0.15) is 5.56 Å². The number of nitrogens with zero attached hydrogens (tertiary/aromatic N) is 4. The lowest BCUT2D eigenvalue weighted by Crippen LogP contribution is -2.11. The molecule has 0 saturated carbocycles. The second-order valence-electron chi connectivity index (χ2n) is 4.34. The summed E-state index contributed by atoms with van der Waals surface area (Å²) >= 11 is 1.57. The van der Waals surface area contributed by atoms with Crippen molar-refractivity contribution in [1.29, 1.82) is 0 Å². The molecule has 2 aromatic heterocycles. The molecule has 1 aromatic carbocycles. The van der Waals surface area contributed by atoms with Gasteiger partial charge >= 0.3 is 0 Å². The zero-order valence-corrected chi connectivity index (χ0v) is 12.4. The Morgan fingerprint density at radius 2 is 2.00 bits per heavy atom. The van der Waals surface area contributed by atoms with Crippen molar-refractivity contribution in [2.24, 2.45) is 10.1 Å². The van der Waals surface area contributed by atoms with Crippen molar-refractivity contribution in [3.8, 4) is 11.3 Å². The molecule has 5 heteroatoms. The number of hydrogen-bond donors (Lipinski definition) is 0. The van der Waals surface area contributed by atoms with Gasteiger partial charge in [0.2, 0.25) is 4.80 Å². The minimum atomic E-state index is 0.856. The van der Waals surface area contributed by atoms with Gasteiger partial charge < -0.3 is 0 Å². The van der Waals surface area contributed by atoms with Crippen LogP contribution < -0.4 is 4.80 Å². The van der Waals surface area contributed by atoms with Gasteiger partial charge in [-0.25, -0.2) is 4.68 Å². The van der Waals surface area contributed by atoms with E-state index >= 15 is 0 Å². The quantitative estimate of drug-likeness (QED) is 0.685. The first-order valence-electron chi connectivity index (χ1n) is 6.51. The minimum Gasteiger partial charge on any atom is -0.264 e. The van der Waals surface area contributed by atoms with Crippen LogP contribution in [0.4, 0.5) is 0 Å². The van der Waals surface area contributed by atoms with Gasteiger partial charge in [-0.15, -0.1) is 11.3 Å². The molecule has 0 radical (unpaired) electrons. The number of pyridine rings is 1. The van der Waals surface area contributed by atoms with Crippen LogP contribution in [0.5, 0.6) is 0 Å². The zero-order valence-electron chi connectivity index (χ0n) is 11.5. The Morgan fingerprint density at radius 1 is 1.14 bits per heavy atom. The average molecular weight is 294 g/mol. The zero-order chi connectivity index (χ0) is 14.5. The van der Waals surface area contributed by atoms with Gasteiger partial charge in [-0.3, -0.25) is 9.98 Å². The number of rotatable bonds is 3. The summed E-state index contributed by atoms with van der Waals surface area (Å²) in [6.45, 7) is 0. The largest absolute Gasteiger partial charge is 0.264 e. The molecule has 104 valence electrons. The summed E-state index contributed by atoms with van der Waals surface area (Å²) < 4.78 is 1.85. The summed E-state index contributed by atoms with van der Waals surface area (Å²) in [6, 6.07) is 14.0. The molecule has 0 aliphatic rings. The van der Waals surface area contributed by atoms with Crippen molar-refractivity contribution in [1.82, 2.24) is 9.66 Å². The Kier molecular flexibility index (Phi) is 4.02. The van der Waals surface area contributed by atoms with Gasteiger partial charge in [-0.1, -0.05) is 36.4 Å². The Morgan fingerprint density at radius 3 is 2.71 bits per heavy atom. The van der Waals surface area contributed by atoms with E-state index in [-0.39, 0.29) is 0 Å². The van der Waals surface area contributed by atoms with Gasteiger partial charge in [-0.05, 0) is 6.07 Å². The molecule has 0 unspecified atom stereocenters. The molecule has 0 fully saturated rings. The molecule has 3 rings (SSSR count). The fourth-order valence-corrected chi connectivity index (χ4v) is 2.75. The fraction of sp³-hybridized carbons (Fsp3) is 0.0625. The summed E-state index contributed by atoms with van der Waals surface area (Å²) in [5, 5.41) is 6.62. The monoisotopic (exact) mass is 294 g/mol. The van der Waals surface area contributed by atoms with Crippen LogP contribution in [0.2, 0.25) is 0 Å². The predicted octanol–water partition coefficient (Wildman–Crippen LogP) is 3.02. The first kappa shape index (κ1) is 13.5. The Hall–Kier alpha value is -2.53. The lowest BCUT2D eigenvalue weighted by Gasteiger charge is -2.02. The highest BCUT2D eigenvalue weighted by Crippen LogP contribution is 2.19.